The van der Waals surface area contributed by atoms with Gasteiger partial charge in [-0.25, -0.2) is 0 Å². The third-order valence-corrected chi connectivity index (χ3v) is 15.2. The first-order valence-corrected chi connectivity index (χ1v) is 32.0. The number of anilines is 5. The number of amides is 4. The monoisotopic (exact) mass is 1490 g/mol. The minimum atomic E-state index is -4.59. The van der Waals surface area contributed by atoms with Crippen LogP contribution in [0.2, 0.25) is 5.02 Å². The van der Waals surface area contributed by atoms with Crippen LogP contribution in [0, 0.1) is 20.8 Å². The first-order chi connectivity index (χ1) is 48.6. The van der Waals surface area contributed by atoms with Gasteiger partial charge in [0.05, 0.1) is 45.0 Å². The van der Waals surface area contributed by atoms with Gasteiger partial charge in [0.25, 0.3) is 23.6 Å². The van der Waals surface area contributed by atoms with E-state index in [0.29, 0.717) is 68.0 Å². The number of carbonyl (C=O) groups excluding carboxylic acids is 4. The van der Waals surface area contributed by atoms with Gasteiger partial charge in [0.1, 0.15) is 53.1 Å². The second-order valence-electron chi connectivity index (χ2n) is 23.8. The van der Waals surface area contributed by atoms with E-state index in [1.165, 1.54) is 93.4 Å². The molecule has 8 aromatic rings. The topological polar surface area (TPSA) is 198 Å². The summed E-state index contributed by atoms with van der Waals surface area (Å²) in [5.74, 6) is -2.38. The van der Waals surface area contributed by atoms with Crippen LogP contribution in [0.15, 0.2) is 158 Å². The quantitative estimate of drug-likeness (QED) is 0.0351. The maximum absolute atomic E-state index is 13.3. The van der Waals surface area contributed by atoms with Gasteiger partial charge in [-0.2, -0.15) is 52.7 Å². The highest BCUT2D eigenvalue weighted by atomic mass is 35.5. The smallest absolute Gasteiger partial charge is 0.417 e. The second kappa shape index (κ2) is 37.8. The number of ether oxygens (including phenoxy) is 3. The zero-order valence-corrected chi connectivity index (χ0v) is 59.2. The van der Waals surface area contributed by atoms with Gasteiger partial charge in [-0.1, -0.05) is 66.2 Å². The van der Waals surface area contributed by atoms with Gasteiger partial charge in [-0.05, 0) is 190 Å². The zero-order valence-electron chi connectivity index (χ0n) is 58.4. The van der Waals surface area contributed by atoms with E-state index in [1.54, 1.807) is 73.7 Å². The maximum Gasteiger partial charge on any atom is 0.417 e. The van der Waals surface area contributed by atoms with Gasteiger partial charge in [0.15, 0.2) is 0 Å². The van der Waals surface area contributed by atoms with Crippen molar-refractivity contribution in [3.63, 3.8) is 0 Å². The summed E-state index contributed by atoms with van der Waals surface area (Å²) in [5, 5.41) is 29.1. The number of aromatic hydroxyl groups is 2. The Morgan fingerprint density at radius 1 is 0.433 bits per heavy atom. The Morgan fingerprint density at radius 3 is 1.32 bits per heavy atom. The first kappa shape index (κ1) is 84.4. The summed E-state index contributed by atoms with van der Waals surface area (Å²) in [5.41, 5.74) is -2.07. The molecule has 30 heteroatoms. The lowest BCUT2D eigenvalue weighted by Crippen LogP contribution is -2.28. The molecule has 104 heavy (non-hydrogen) atoms. The number of carbonyl (C=O) groups is 4. The molecule has 0 unspecified atom stereocenters. The number of para-hydroxylation sites is 2. The van der Waals surface area contributed by atoms with Crippen LogP contribution in [0.4, 0.5) is 81.1 Å². The third kappa shape index (κ3) is 25.3. The molecular weight excluding hydrogens is 1410 g/mol. The number of nitrogens with zero attached hydrogens (tertiary/aromatic N) is 4. The van der Waals surface area contributed by atoms with Crippen molar-refractivity contribution in [2.24, 2.45) is 0 Å². The van der Waals surface area contributed by atoms with Gasteiger partial charge in [0, 0.05) is 61.7 Å². The summed E-state index contributed by atoms with van der Waals surface area (Å²) in [6.07, 6.45) is -18.1. The van der Waals surface area contributed by atoms with E-state index in [0.717, 1.165) is 36.9 Å². The van der Waals surface area contributed by atoms with Gasteiger partial charge in [0.2, 0.25) is 0 Å². The van der Waals surface area contributed by atoms with E-state index in [1.807, 2.05) is 57.0 Å². The number of hydrogen-bond acceptors (Lipinski definition) is 13. The summed E-state index contributed by atoms with van der Waals surface area (Å²) in [4.78, 5) is 57.3. The highest BCUT2D eigenvalue weighted by Gasteiger charge is 2.37. The average molecular weight is 1490 g/mol. The zero-order chi connectivity index (χ0) is 77.6. The molecule has 0 atom stereocenters. The summed E-state index contributed by atoms with van der Waals surface area (Å²) < 4.78 is 173. The standard InChI is InChI=1S/C22H27F3N2O3.C19H21F3N2O2.C18H19ClF3N3O.C15H12F3NO3/c1-6-29-18-8-7-9-19(30-13-12-26(3)4)20(18)21(28)27(5)16-11-10-15(2)17(14-16)22(23,24)25;1-13-8-9-14(12-16(13)19(20,21)22)23-18(25)15-6-4-5-7-17(15)26-11-10-24(2)3;1-25(2)10-9-23-16-6-4-3-5-13(16)17(26)24-12-7-8-15(19)14(11-12)18(20,21)22;1-8-5-6-9(7-10(8)15(16,17)18)19-14(22)13-11(20)3-2-4-12(13)21/h7-11,14H,6,12-13H2,1-5H3;4-9,12H,10-11H2,1-3H3,(H,23,25);3-8,11,23H,9-10H2,1-2H3,(H,24,26);2-7,20-21H,1H3,(H,19,22). The number of likely N-dealkylation sites (N-methyl/N-ethyl adjacent to an activating group) is 3. The van der Waals surface area contributed by atoms with Crippen molar-refractivity contribution in [1.82, 2.24) is 14.7 Å². The molecule has 4 amide bonds. The molecule has 0 saturated carbocycles. The number of benzene rings is 8. The van der Waals surface area contributed by atoms with E-state index in [4.69, 9.17) is 25.8 Å². The number of alkyl halides is 12. The van der Waals surface area contributed by atoms with Crippen LogP contribution in [0.25, 0.3) is 0 Å². The summed E-state index contributed by atoms with van der Waals surface area (Å²) >= 11 is 5.60. The van der Waals surface area contributed by atoms with Crippen LogP contribution in [0.1, 0.15) is 87.3 Å². The van der Waals surface area contributed by atoms with E-state index < -0.39 is 92.7 Å². The predicted octanol–water partition coefficient (Wildman–Crippen LogP) is 17.1. The van der Waals surface area contributed by atoms with E-state index >= 15 is 0 Å². The second-order valence-corrected chi connectivity index (χ2v) is 24.2. The Kier molecular flexibility index (Phi) is 30.7. The lowest BCUT2D eigenvalue weighted by molar-refractivity contribution is -0.138. The normalized spacial score (nSPS) is 11.5. The molecule has 8 aromatic carbocycles. The van der Waals surface area contributed by atoms with Crippen LogP contribution in [0.5, 0.6) is 28.7 Å². The molecule has 6 N–H and O–H groups in total. The van der Waals surface area contributed by atoms with Crippen molar-refractivity contribution in [1.29, 1.82) is 0 Å². The maximum atomic E-state index is 13.3. The fourth-order valence-electron chi connectivity index (χ4n) is 9.41. The van der Waals surface area contributed by atoms with Crippen LogP contribution < -0.4 is 40.4 Å². The molecule has 0 bridgehead atoms. The Balaban J connectivity index is 0.000000251. The van der Waals surface area contributed by atoms with E-state index in [9.17, 15) is 82.1 Å². The van der Waals surface area contributed by atoms with Crippen LogP contribution in [-0.2, 0) is 24.7 Å². The molecule has 0 radical (unpaired) electrons. The molecule has 560 valence electrons. The van der Waals surface area contributed by atoms with Crippen molar-refractivity contribution < 1.29 is 96.3 Å². The van der Waals surface area contributed by atoms with Crippen molar-refractivity contribution in [3.05, 3.63) is 224 Å². The fraction of sp³-hybridized carbons (Fsp3) is 0.297. The van der Waals surface area contributed by atoms with Gasteiger partial charge in [-0.15, -0.1) is 0 Å². The van der Waals surface area contributed by atoms with Crippen LogP contribution in [-0.4, -0.2) is 144 Å². The molecule has 0 fully saturated rings. The summed E-state index contributed by atoms with van der Waals surface area (Å²) in [7, 11) is 12.9. The van der Waals surface area contributed by atoms with Crippen LogP contribution in [0.3, 0.4) is 0 Å². The average Bonchev–Trinajstić information content (AvgIpc) is 0.800. The molecule has 0 spiro atoms. The van der Waals surface area contributed by atoms with Gasteiger partial charge in [-0.3, -0.25) is 19.2 Å². The minimum Gasteiger partial charge on any atom is -0.507 e. The molecule has 0 saturated heterocycles. The van der Waals surface area contributed by atoms with Crippen molar-refractivity contribution in [2.45, 2.75) is 52.4 Å². The first-order valence-electron chi connectivity index (χ1n) is 31.6. The minimum absolute atomic E-state index is 0.0230. The van der Waals surface area contributed by atoms with Gasteiger partial charge >= 0.3 is 24.7 Å². The number of rotatable bonds is 22. The largest absolute Gasteiger partial charge is 0.507 e. The summed E-state index contributed by atoms with van der Waals surface area (Å²) in [6.45, 7) is 9.61. The van der Waals surface area contributed by atoms with E-state index in [2.05, 4.69) is 21.3 Å². The lowest BCUT2D eigenvalue weighted by atomic mass is 10.1. The number of phenolic OH excluding ortho intramolecular Hbond substituents is 2. The molecule has 0 aliphatic rings. The number of aryl methyl sites for hydroxylation is 3. The van der Waals surface area contributed by atoms with Gasteiger partial charge < -0.3 is 65.3 Å². The Morgan fingerprint density at radius 2 is 0.827 bits per heavy atom. The number of halogens is 13. The van der Waals surface area contributed by atoms with Crippen molar-refractivity contribution in [2.75, 3.05) is 122 Å². The highest BCUT2D eigenvalue weighted by molar-refractivity contribution is 6.31. The molecule has 0 aliphatic heterocycles. The Bertz CT molecular complexity index is 4080. The Hall–Kier alpha value is -10.2. The molecule has 0 heterocycles. The van der Waals surface area contributed by atoms with Crippen LogP contribution >= 0.6 is 11.6 Å². The molecule has 17 nitrogen and oxygen atoms in total. The lowest BCUT2D eigenvalue weighted by Gasteiger charge is -2.23. The van der Waals surface area contributed by atoms with E-state index in [-0.39, 0.29) is 50.6 Å². The molecule has 0 aliphatic carbocycles. The molecule has 8 rings (SSSR count). The SMILES string of the molecule is CCOc1cccc(OCCN(C)C)c1C(=O)N(C)c1ccc(C)c(C(F)(F)F)c1.CN(C)CCNc1ccccc1C(=O)Nc1ccc(Cl)c(C(F)(F)F)c1.Cc1ccc(NC(=O)c2c(O)cccc2O)cc1C(F)(F)F.Cc1ccc(NC(=O)c2ccccc2OCCN(C)C)cc1C(F)(F)F. The number of phenols is 2. The number of hydrogen-bond donors (Lipinski definition) is 6. The fourth-order valence-corrected chi connectivity index (χ4v) is 9.64. The predicted molar refractivity (Wildman–Crippen MR) is 377 cm³/mol. The molecular formula is C74H79ClF12N8O9. The van der Waals surface area contributed by atoms with Crippen molar-refractivity contribution in [3.8, 4) is 28.7 Å². The van der Waals surface area contributed by atoms with Crippen molar-refractivity contribution >= 4 is 63.7 Å². The number of nitrogens with one attached hydrogen (secondary N) is 4. The summed E-state index contributed by atoms with van der Waals surface area (Å²) in [6, 6.07) is 36.2. The molecule has 0 aromatic heterocycles. The third-order valence-electron chi connectivity index (χ3n) is 14.9. The highest BCUT2D eigenvalue weighted by Crippen LogP contribution is 2.40. The Labute approximate surface area is 598 Å².